The predicted octanol–water partition coefficient (Wildman–Crippen LogP) is 5.36. The van der Waals surface area contributed by atoms with E-state index in [9.17, 15) is 18.4 Å². The molecular weight excluding hydrogens is 412 g/mol. The molecule has 1 fully saturated rings. The Balaban J connectivity index is 1.44. The van der Waals surface area contributed by atoms with Crippen molar-refractivity contribution in [3.63, 3.8) is 0 Å². The number of nitrogens with zero attached hydrogens (tertiary/aromatic N) is 2. The van der Waals surface area contributed by atoms with Gasteiger partial charge in [-0.1, -0.05) is 18.2 Å². The lowest BCUT2D eigenvalue weighted by atomic mass is 10.1. The number of hydrogen-bond donors (Lipinski definition) is 1. The Morgan fingerprint density at radius 3 is 2.34 bits per heavy atom. The highest BCUT2D eigenvalue weighted by Crippen LogP contribution is 2.24. The van der Waals surface area contributed by atoms with E-state index >= 15 is 0 Å². The number of halogens is 2. The Bertz CT molecular complexity index is 1130. The minimum Gasteiger partial charge on any atom is -0.322 e. The molecule has 3 aromatic rings. The van der Waals surface area contributed by atoms with Crippen molar-refractivity contribution in [2.24, 2.45) is 0 Å². The normalized spacial score (nSPS) is 13.9. The largest absolute Gasteiger partial charge is 0.324 e. The van der Waals surface area contributed by atoms with Crippen LogP contribution in [0.5, 0.6) is 0 Å². The summed E-state index contributed by atoms with van der Waals surface area (Å²) in [4.78, 5) is 28.7. The maximum Gasteiger partial charge on any atom is 0.324 e. The molecule has 3 amide bonds. The van der Waals surface area contributed by atoms with Gasteiger partial charge < -0.3 is 10.2 Å². The van der Waals surface area contributed by atoms with Gasteiger partial charge in [0.25, 0.3) is 5.91 Å². The third-order valence-corrected chi connectivity index (χ3v) is 5.43. The molecule has 0 bridgehead atoms. The smallest absolute Gasteiger partial charge is 0.322 e. The lowest BCUT2D eigenvalue weighted by Crippen LogP contribution is -2.49. The van der Waals surface area contributed by atoms with Gasteiger partial charge in [-0.2, -0.15) is 0 Å². The molecule has 164 valence electrons. The van der Waals surface area contributed by atoms with E-state index in [1.165, 1.54) is 12.1 Å². The van der Waals surface area contributed by atoms with Crippen molar-refractivity contribution >= 4 is 23.3 Å². The third-order valence-electron chi connectivity index (χ3n) is 5.43. The molecule has 0 unspecified atom stereocenters. The van der Waals surface area contributed by atoms with E-state index in [4.69, 9.17) is 0 Å². The second kappa shape index (κ2) is 9.18. The topological polar surface area (TPSA) is 52.7 Å². The number of anilines is 2. The second-order valence-corrected chi connectivity index (χ2v) is 7.80. The highest BCUT2D eigenvalue weighted by molar-refractivity contribution is 6.05. The highest BCUT2D eigenvalue weighted by Gasteiger charge is 2.27. The van der Waals surface area contributed by atoms with Crippen molar-refractivity contribution in [3.05, 3.63) is 95.1 Å². The zero-order valence-electron chi connectivity index (χ0n) is 17.6. The zero-order chi connectivity index (χ0) is 22.7. The lowest BCUT2D eigenvalue weighted by molar-refractivity contribution is 0.102. The number of amides is 3. The number of aryl methyl sites for hydroxylation is 1. The summed E-state index contributed by atoms with van der Waals surface area (Å²) in [5, 5.41) is 2.87. The van der Waals surface area contributed by atoms with Gasteiger partial charge in [0, 0.05) is 42.6 Å². The molecule has 1 saturated heterocycles. The molecule has 7 heteroatoms. The summed E-state index contributed by atoms with van der Waals surface area (Å²) < 4.78 is 27.0. The molecule has 32 heavy (non-hydrogen) atoms. The molecule has 0 aromatic heterocycles. The van der Waals surface area contributed by atoms with Gasteiger partial charge >= 0.3 is 6.03 Å². The van der Waals surface area contributed by atoms with E-state index < -0.39 is 11.6 Å². The van der Waals surface area contributed by atoms with Crippen molar-refractivity contribution in [3.8, 4) is 0 Å². The first-order valence-corrected chi connectivity index (χ1v) is 10.4. The van der Waals surface area contributed by atoms with Crippen molar-refractivity contribution in [2.45, 2.75) is 19.9 Å². The molecule has 0 spiro atoms. The summed E-state index contributed by atoms with van der Waals surface area (Å²) in [7, 11) is 0. The van der Waals surface area contributed by atoms with Crippen LogP contribution >= 0.6 is 0 Å². The van der Waals surface area contributed by atoms with Crippen molar-refractivity contribution < 1.29 is 18.4 Å². The molecule has 1 heterocycles. The number of hydrogen-bond acceptors (Lipinski definition) is 2. The van der Waals surface area contributed by atoms with Crippen molar-refractivity contribution in [1.29, 1.82) is 0 Å². The van der Waals surface area contributed by atoms with Crippen LogP contribution in [0, 0.1) is 18.6 Å². The van der Waals surface area contributed by atoms with Gasteiger partial charge in [0.1, 0.15) is 11.6 Å². The first kappa shape index (κ1) is 21.5. The van der Waals surface area contributed by atoms with Crippen LogP contribution in [0.3, 0.4) is 0 Å². The number of rotatable bonds is 5. The molecule has 0 atom stereocenters. The monoisotopic (exact) mass is 435 g/mol. The molecule has 1 aliphatic rings. The SMILES string of the molecule is Cc1ccccc1C(=O)Nc1ccc(N2CCCN(Cc3cc(F)cc(F)c3)C2=O)cc1. The maximum atomic E-state index is 13.5. The first-order valence-electron chi connectivity index (χ1n) is 10.4. The fourth-order valence-electron chi connectivity index (χ4n) is 3.84. The Labute approximate surface area is 185 Å². The Kier molecular flexibility index (Phi) is 6.16. The lowest BCUT2D eigenvalue weighted by Gasteiger charge is -2.35. The number of nitrogens with one attached hydrogen (secondary N) is 1. The molecule has 0 saturated carbocycles. The van der Waals surface area contributed by atoms with Crippen LogP contribution < -0.4 is 10.2 Å². The summed E-state index contributed by atoms with van der Waals surface area (Å²) in [6.07, 6.45) is 0.731. The zero-order valence-corrected chi connectivity index (χ0v) is 17.6. The standard InChI is InChI=1S/C25H23F2N3O2/c1-17-5-2-3-6-23(17)24(31)28-21-7-9-22(10-8-21)30-12-4-11-29(25(30)32)16-18-13-19(26)15-20(27)14-18/h2-3,5-10,13-15H,4,11-12,16H2,1H3,(H,28,31). The minimum absolute atomic E-state index is 0.134. The van der Waals surface area contributed by atoms with Crippen LogP contribution in [0.1, 0.15) is 27.9 Å². The van der Waals surface area contributed by atoms with Gasteiger partial charge in [0.05, 0.1) is 0 Å². The predicted molar refractivity (Wildman–Crippen MR) is 120 cm³/mol. The van der Waals surface area contributed by atoms with Gasteiger partial charge in [-0.05, 0) is 66.9 Å². The molecule has 3 aromatic carbocycles. The summed E-state index contributed by atoms with van der Waals surface area (Å²) >= 11 is 0. The van der Waals surface area contributed by atoms with Crippen LogP contribution in [0.15, 0.2) is 66.7 Å². The summed E-state index contributed by atoms with van der Waals surface area (Å²) in [5.74, 6) is -1.52. The minimum atomic E-state index is -0.662. The summed E-state index contributed by atoms with van der Waals surface area (Å²) in [6.45, 7) is 3.07. The van der Waals surface area contributed by atoms with Crippen LogP contribution in [0.4, 0.5) is 25.0 Å². The molecule has 0 aliphatic carbocycles. The summed E-state index contributed by atoms with van der Waals surface area (Å²) in [6, 6.07) is 17.5. The van der Waals surface area contributed by atoms with Crippen LogP contribution in [0.25, 0.3) is 0 Å². The van der Waals surface area contributed by atoms with E-state index in [0.717, 1.165) is 18.1 Å². The van der Waals surface area contributed by atoms with Crippen molar-refractivity contribution in [2.75, 3.05) is 23.3 Å². The van der Waals surface area contributed by atoms with Gasteiger partial charge in [0.15, 0.2) is 0 Å². The fraction of sp³-hybridized carbons (Fsp3) is 0.200. The Morgan fingerprint density at radius 2 is 1.66 bits per heavy atom. The van der Waals surface area contributed by atoms with Gasteiger partial charge in [-0.15, -0.1) is 0 Å². The number of urea groups is 1. The van der Waals surface area contributed by atoms with E-state index in [0.29, 0.717) is 35.6 Å². The van der Waals surface area contributed by atoms with E-state index in [2.05, 4.69) is 5.32 Å². The van der Waals surface area contributed by atoms with E-state index in [1.807, 2.05) is 25.1 Å². The van der Waals surface area contributed by atoms with Gasteiger partial charge in [-0.25, -0.2) is 13.6 Å². The quantitative estimate of drug-likeness (QED) is 0.587. The molecular formula is C25H23F2N3O2. The highest BCUT2D eigenvalue weighted by atomic mass is 19.1. The number of carbonyl (C=O) groups is 2. The number of carbonyl (C=O) groups excluding carboxylic acids is 2. The Morgan fingerprint density at radius 1 is 0.969 bits per heavy atom. The molecule has 0 radical (unpaired) electrons. The van der Waals surface area contributed by atoms with Crippen LogP contribution in [-0.2, 0) is 6.54 Å². The van der Waals surface area contributed by atoms with E-state index in [1.54, 1.807) is 40.1 Å². The Hall–Kier alpha value is -3.74. The molecule has 1 N–H and O–H groups in total. The molecule has 4 rings (SSSR count). The van der Waals surface area contributed by atoms with Gasteiger partial charge in [0.2, 0.25) is 0 Å². The summed E-state index contributed by atoms with van der Waals surface area (Å²) in [5.41, 5.74) is 3.22. The van der Waals surface area contributed by atoms with E-state index in [-0.39, 0.29) is 18.5 Å². The average molecular weight is 435 g/mol. The fourth-order valence-corrected chi connectivity index (χ4v) is 3.84. The van der Waals surface area contributed by atoms with Crippen LogP contribution in [-0.4, -0.2) is 29.9 Å². The average Bonchev–Trinajstić information content (AvgIpc) is 2.75. The number of benzene rings is 3. The van der Waals surface area contributed by atoms with Crippen molar-refractivity contribution in [1.82, 2.24) is 4.90 Å². The van der Waals surface area contributed by atoms with Gasteiger partial charge in [-0.3, -0.25) is 9.69 Å². The van der Waals surface area contributed by atoms with Crippen LogP contribution in [0.2, 0.25) is 0 Å². The molecule has 1 aliphatic heterocycles. The molecule has 5 nitrogen and oxygen atoms in total. The first-order chi connectivity index (χ1) is 15.4. The second-order valence-electron chi connectivity index (χ2n) is 7.80. The maximum absolute atomic E-state index is 13.5. The third kappa shape index (κ3) is 4.77.